The maximum Gasteiger partial charge on any atom is 0.0670 e. The number of aliphatic hydroxyl groups excluding tert-OH is 1. The Labute approximate surface area is 97.1 Å². The summed E-state index contributed by atoms with van der Waals surface area (Å²) in [4.78, 5) is 0. The van der Waals surface area contributed by atoms with E-state index in [0.717, 1.165) is 19.5 Å². The van der Waals surface area contributed by atoms with E-state index >= 15 is 0 Å². The van der Waals surface area contributed by atoms with Crippen molar-refractivity contribution >= 4 is 12.4 Å². The summed E-state index contributed by atoms with van der Waals surface area (Å²) in [6.45, 7) is 3.82. The molecule has 2 N–H and O–H groups in total. The topological polar surface area (TPSA) is 32.3 Å². The zero-order valence-corrected chi connectivity index (χ0v) is 9.76. The minimum atomic E-state index is -0.185. The van der Waals surface area contributed by atoms with Gasteiger partial charge in [0, 0.05) is 13.1 Å². The van der Waals surface area contributed by atoms with E-state index in [9.17, 15) is 5.11 Å². The van der Waals surface area contributed by atoms with Crippen molar-refractivity contribution in [3.63, 3.8) is 0 Å². The van der Waals surface area contributed by atoms with Crippen LogP contribution in [-0.2, 0) is 0 Å². The van der Waals surface area contributed by atoms with E-state index in [0.29, 0.717) is 5.92 Å². The monoisotopic (exact) mass is 227 g/mol. The van der Waals surface area contributed by atoms with Gasteiger partial charge in [-0.25, -0.2) is 0 Å². The fourth-order valence-corrected chi connectivity index (χ4v) is 2.01. The number of nitrogens with one attached hydrogen (secondary N) is 1. The van der Waals surface area contributed by atoms with Gasteiger partial charge in [-0.3, -0.25) is 0 Å². The quantitative estimate of drug-likeness (QED) is 0.768. The van der Waals surface area contributed by atoms with E-state index in [2.05, 4.69) is 36.5 Å². The molecule has 2 nitrogen and oxygen atoms in total. The lowest BCUT2D eigenvalue weighted by atomic mass is 9.90. The highest BCUT2D eigenvalue weighted by Gasteiger charge is 2.20. The van der Waals surface area contributed by atoms with Gasteiger partial charge in [0.1, 0.15) is 0 Å². The maximum atomic E-state index is 9.53. The number of rotatable bonds is 1. The largest absolute Gasteiger partial charge is 0.392 e. The molecule has 1 saturated heterocycles. The van der Waals surface area contributed by atoms with E-state index in [1.54, 1.807) is 0 Å². The van der Waals surface area contributed by atoms with Crippen LogP contribution in [0.25, 0.3) is 0 Å². The van der Waals surface area contributed by atoms with Crippen LogP contribution in [-0.4, -0.2) is 24.3 Å². The molecule has 0 amide bonds. The van der Waals surface area contributed by atoms with E-state index in [4.69, 9.17) is 0 Å². The first-order valence-electron chi connectivity index (χ1n) is 5.21. The molecule has 2 rings (SSSR count). The van der Waals surface area contributed by atoms with Crippen molar-refractivity contribution in [3.05, 3.63) is 35.4 Å². The average molecular weight is 228 g/mol. The Bertz CT molecular complexity index is 299. The molecule has 1 aliphatic heterocycles. The van der Waals surface area contributed by atoms with E-state index in [-0.39, 0.29) is 18.5 Å². The highest BCUT2D eigenvalue weighted by Crippen LogP contribution is 2.23. The third kappa shape index (κ3) is 3.20. The molecule has 84 valence electrons. The normalized spacial score (nSPS) is 25.7. The predicted octanol–water partition coefficient (Wildman–Crippen LogP) is 1.85. The van der Waals surface area contributed by atoms with Crippen LogP contribution in [0, 0.1) is 6.92 Å². The number of halogens is 1. The van der Waals surface area contributed by atoms with Crippen LogP contribution in [0.4, 0.5) is 0 Å². The van der Waals surface area contributed by atoms with Crippen LogP contribution in [0.1, 0.15) is 23.5 Å². The summed E-state index contributed by atoms with van der Waals surface area (Å²) in [5.41, 5.74) is 2.62. The fourth-order valence-electron chi connectivity index (χ4n) is 2.01. The second-order valence-corrected chi connectivity index (χ2v) is 4.16. The summed E-state index contributed by atoms with van der Waals surface area (Å²) < 4.78 is 0. The first-order valence-corrected chi connectivity index (χ1v) is 5.21. The Morgan fingerprint density at radius 3 is 2.47 bits per heavy atom. The third-order valence-electron chi connectivity index (χ3n) is 2.88. The van der Waals surface area contributed by atoms with Gasteiger partial charge in [-0.1, -0.05) is 29.8 Å². The summed E-state index contributed by atoms with van der Waals surface area (Å²) in [7, 11) is 0. The van der Waals surface area contributed by atoms with Crippen LogP contribution in [0.3, 0.4) is 0 Å². The summed E-state index contributed by atoms with van der Waals surface area (Å²) in [5.74, 6) is 0.472. The van der Waals surface area contributed by atoms with E-state index < -0.39 is 0 Å². The lowest BCUT2D eigenvalue weighted by molar-refractivity contribution is 0.132. The highest BCUT2D eigenvalue weighted by atomic mass is 35.5. The molecule has 1 aliphatic rings. The molecule has 0 spiro atoms. The second-order valence-electron chi connectivity index (χ2n) is 4.16. The third-order valence-corrected chi connectivity index (χ3v) is 2.88. The van der Waals surface area contributed by atoms with Crippen molar-refractivity contribution in [2.45, 2.75) is 25.4 Å². The van der Waals surface area contributed by atoms with Crippen LogP contribution in [0.2, 0.25) is 0 Å². The molecule has 2 unspecified atom stereocenters. The van der Waals surface area contributed by atoms with Crippen LogP contribution in [0.5, 0.6) is 0 Å². The van der Waals surface area contributed by atoms with Crippen molar-refractivity contribution in [3.8, 4) is 0 Å². The molecule has 0 radical (unpaired) electrons. The standard InChI is InChI=1S/C12H17NO.ClH/c1-9-2-4-10(5-3-9)11-6-12(14)8-13-7-11;/h2-5,11-14H,6-8H2,1H3;1H. The number of piperidine rings is 1. The van der Waals surface area contributed by atoms with Gasteiger partial charge in [-0.2, -0.15) is 0 Å². The average Bonchev–Trinajstić information content (AvgIpc) is 2.19. The lowest BCUT2D eigenvalue weighted by Crippen LogP contribution is -2.38. The number of aliphatic hydroxyl groups is 1. The second kappa shape index (κ2) is 5.50. The molecule has 0 bridgehead atoms. The Hall–Kier alpha value is -0.570. The molecule has 3 heteroatoms. The SMILES string of the molecule is Cc1ccc(C2CNCC(O)C2)cc1.Cl. The number of β-amino-alcohol motifs (C(OH)–C–C–N with tert-alkyl or cyclic N) is 1. The Kier molecular flexibility index (Phi) is 4.58. The van der Waals surface area contributed by atoms with Gasteiger partial charge < -0.3 is 10.4 Å². The van der Waals surface area contributed by atoms with Crippen LogP contribution >= 0.6 is 12.4 Å². The molecular formula is C12H18ClNO. The highest BCUT2D eigenvalue weighted by molar-refractivity contribution is 5.85. The maximum absolute atomic E-state index is 9.53. The van der Waals surface area contributed by atoms with Crippen LogP contribution in [0.15, 0.2) is 24.3 Å². The summed E-state index contributed by atoms with van der Waals surface area (Å²) >= 11 is 0. The van der Waals surface area contributed by atoms with Gasteiger partial charge in [-0.05, 0) is 24.8 Å². The van der Waals surface area contributed by atoms with E-state index in [1.165, 1.54) is 11.1 Å². The van der Waals surface area contributed by atoms with Crippen molar-refractivity contribution in [1.82, 2.24) is 5.32 Å². The molecule has 15 heavy (non-hydrogen) atoms. The molecular weight excluding hydrogens is 210 g/mol. The van der Waals surface area contributed by atoms with Crippen molar-refractivity contribution in [2.75, 3.05) is 13.1 Å². The van der Waals surface area contributed by atoms with Gasteiger partial charge >= 0.3 is 0 Å². The smallest absolute Gasteiger partial charge is 0.0670 e. The van der Waals surface area contributed by atoms with Gasteiger partial charge in [-0.15, -0.1) is 12.4 Å². The zero-order chi connectivity index (χ0) is 9.97. The Morgan fingerprint density at radius 1 is 1.20 bits per heavy atom. The van der Waals surface area contributed by atoms with Crippen molar-refractivity contribution in [1.29, 1.82) is 0 Å². The zero-order valence-electron chi connectivity index (χ0n) is 8.94. The molecule has 1 heterocycles. The van der Waals surface area contributed by atoms with Gasteiger partial charge in [0.05, 0.1) is 6.10 Å². The number of aryl methyl sites for hydroxylation is 1. The summed E-state index contributed by atoms with van der Waals surface area (Å²) in [6.07, 6.45) is 0.700. The molecule has 2 atom stereocenters. The van der Waals surface area contributed by atoms with E-state index in [1.807, 2.05) is 0 Å². The summed E-state index contributed by atoms with van der Waals surface area (Å²) in [6, 6.07) is 8.60. The molecule has 1 fully saturated rings. The first kappa shape index (κ1) is 12.5. The van der Waals surface area contributed by atoms with Gasteiger partial charge in [0.2, 0.25) is 0 Å². The van der Waals surface area contributed by atoms with Crippen molar-refractivity contribution in [2.24, 2.45) is 0 Å². The van der Waals surface area contributed by atoms with Gasteiger partial charge in [0.15, 0.2) is 0 Å². The molecule has 1 aromatic rings. The molecule has 0 aromatic heterocycles. The molecule has 0 saturated carbocycles. The predicted molar refractivity (Wildman–Crippen MR) is 64.7 cm³/mol. The Morgan fingerprint density at radius 2 is 1.87 bits per heavy atom. The van der Waals surface area contributed by atoms with Crippen LogP contribution < -0.4 is 5.32 Å². The number of benzene rings is 1. The minimum absolute atomic E-state index is 0. The number of hydrogen-bond donors (Lipinski definition) is 2. The molecule has 0 aliphatic carbocycles. The minimum Gasteiger partial charge on any atom is -0.392 e. The Balaban J connectivity index is 0.00000112. The lowest BCUT2D eigenvalue weighted by Gasteiger charge is -2.27. The fraction of sp³-hybridized carbons (Fsp3) is 0.500. The number of hydrogen-bond acceptors (Lipinski definition) is 2. The van der Waals surface area contributed by atoms with Crippen molar-refractivity contribution < 1.29 is 5.11 Å². The summed E-state index contributed by atoms with van der Waals surface area (Å²) in [5, 5.41) is 12.8. The first-order chi connectivity index (χ1) is 6.75. The molecule has 1 aromatic carbocycles. The van der Waals surface area contributed by atoms with Gasteiger partial charge in [0.25, 0.3) is 0 Å².